The van der Waals surface area contributed by atoms with Crippen molar-refractivity contribution in [3.8, 4) is 0 Å². The number of aliphatic hydroxyl groups excluding tert-OH is 2. The van der Waals surface area contributed by atoms with Crippen LogP contribution < -0.4 is 22.1 Å². The van der Waals surface area contributed by atoms with Gasteiger partial charge in [0.1, 0.15) is 42.6 Å². The number of anilines is 2. The molecule has 4 aromatic heterocycles. The van der Waals surface area contributed by atoms with E-state index in [1.807, 2.05) is 6.92 Å². The fourth-order valence-corrected chi connectivity index (χ4v) is 6.85. The minimum atomic E-state index is -4.02. The highest BCUT2D eigenvalue weighted by Crippen LogP contribution is 2.49. The largest absolute Gasteiger partial charge is 0.405 e. The maximum absolute atomic E-state index is 14.0. The van der Waals surface area contributed by atoms with Gasteiger partial charge in [0.25, 0.3) is 5.56 Å². The van der Waals surface area contributed by atoms with E-state index in [2.05, 4.69) is 35.0 Å². The third-order valence-electron chi connectivity index (χ3n) is 7.54. The van der Waals surface area contributed by atoms with Crippen molar-refractivity contribution in [2.24, 2.45) is 0 Å². The van der Waals surface area contributed by atoms with Crippen LogP contribution in [0.4, 0.5) is 11.8 Å². The zero-order valence-electron chi connectivity index (χ0n) is 23.7. The molecule has 7 atom stereocenters. The number of aliphatic hydroxyl groups is 2. The van der Waals surface area contributed by atoms with E-state index in [1.54, 1.807) is 4.57 Å². The maximum Gasteiger partial charge on any atom is 0.405 e. The number of nitrogens with zero attached hydrogens (tertiary/aromatic N) is 7. The molecule has 0 spiro atoms. The van der Waals surface area contributed by atoms with Crippen LogP contribution in [-0.2, 0) is 23.1 Å². The number of ether oxygens (including phenoxy) is 2. The van der Waals surface area contributed by atoms with Crippen LogP contribution in [0.15, 0.2) is 23.8 Å². The third-order valence-corrected chi connectivity index (χ3v) is 9.19. The molecule has 0 amide bonds. The molecule has 44 heavy (non-hydrogen) atoms. The lowest BCUT2D eigenvalue weighted by Gasteiger charge is -2.26. The molecule has 8 N–H and O–H groups in total. The van der Waals surface area contributed by atoms with Crippen LogP contribution in [0.25, 0.3) is 22.3 Å². The summed E-state index contributed by atoms with van der Waals surface area (Å²) in [6, 6.07) is 0. The van der Waals surface area contributed by atoms with Crippen molar-refractivity contribution in [1.29, 1.82) is 0 Å². The summed E-state index contributed by atoms with van der Waals surface area (Å²) in [5.74, 6) is 0.127. The van der Waals surface area contributed by atoms with Crippen LogP contribution in [0.2, 0.25) is 0 Å². The first-order valence-corrected chi connectivity index (χ1v) is 15.7. The molecule has 0 radical (unpaired) electrons. The molecule has 6 rings (SSSR count). The SMILES string of the molecule is CCCCNP(=O)(OC[C@H]1O[C@@H](n2cnc3c(=O)[nH]c(N)nc32)C[C@H]1O)O[C@@H]1C[C@H](n2cnc3c(N)ncnc32)O[C@@H]1CO. The van der Waals surface area contributed by atoms with Crippen LogP contribution in [0.3, 0.4) is 0 Å². The van der Waals surface area contributed by atoms with Crippen LogP contribution in [0.5, 0.6) is 0 Å². The number of fused-ring (bicyclic) bond motifs is 2. The number of imidazole rings is 2. The second-order valence-corrected chi connectivity index (χ2v) is 12.3. The Hall–Kier alpha value is -3.55. The van der Waals surface area contributed by atoms with Crippen LogP contribution in [-0.4, -0.2) is 93.4 Å². The molecule has 20 heteroatoms. The molecule has 4 aromatic rings. The van der Waals surface area contributed by atoms with Crippen molar-refractivity contribution in [2.45, 2.75) is 69.5 Å². The Kier molecular flexibility index (Phi) is 8.62. The maximum atomic E-state index is 14.0. The van der Waals surface area contributed by atoms with Crippen molar-refractivity contribution in [1.82, 2.24) is 44.1 Å². The number of aromatic nitrogens is 8. The summed E-state index contributed by atoms with van der Waals surface area (Å²) >= 11 is 0. The summed E-state index contributed by atoms with van der Waals surface area (Å²) in [6.45, 7) is 1.61. The van der Waals surface area contributed by atoms with Gasteiger partial charge in [-0.1, -0.05) is 13.3 Å². The number of nitrogen functional groups attached to an aromatic ring is 2. The number of nitrogens with two attached hydrogens (primary N) is 2. The highest BCUT2D eigenvalue weighted by molar-refractivity contribution is 7.51. The molecule has 2 saturated heterocycles. The Bertz CT molecular complexity index is 1730. The Morgan fingerprint density at radius 3 is 2.59 bits per heavy atom. The average Bonchev–Trinajstić information content (AvgIpc) is 3.77. The molecule has 2 aliphatic heterocycles. The van der Waals surface area contributed by atoms with Gasteiger partial charge in [-0.15, -0.1) is 0 Å². The van der Waals surface area contributed by atoms with E-state index < -0.39 is 56.8 Å². The molecule has 6 heterocycles. The molecule has 0 bridgehead atoms. The zero-order chi connectivity index (χ0) is 31.0. The van der Waals surface area contributed by atoms with Crippen molar-refractivity contribution in [2.75, 3.05) is 31.2 Å². The van der Waals surface area contributed by atoms with Gasteiger partial charge in [-0.3, -0.25) is 28.0 Å². The first-order chi connectivity index (χ1) is 21.2. The monoisotopic (exact) mass is 635 g/mol. The Morgan fingerprint density at radius 2 is 1.82 bits per heavy atom. The minimum Gasteiger partial charge on any atom is -0.394 e. The summed E-state index contributed by atoms with van der Waals surface area (Å²) in [6.07, 6.45) is 1.06. The Balaban J connectivity index is 1.16. The van der Waals surface area contributed by atoms with E-state index in [-0.39, 0.29) is 42.4 Å². The normalized spacial score (nSPS) is 27.0. The number of aromatic amines is 1. The lowest BCUT2D eigenvalue weighted by Crippen LogP contribution is -2.32. The molecule has 2 fully saturated rings. The molecule has 0 aromatic carbocycles. The van der Waals surface area contributed by atoms with Gasteiger partial charge in [-0.2, -0.15) is 4.98 Å². The molecule has 0 aliphatic carbocycles. The van der Waals surface area contributed by atoms with Gasteiger partial charge in [-0.25, -0.2) is 29.6 Å². The highest BCUT2D eigenvalue weighted by atomic mass is 31.2. The number of unbranched alkanes of at least 4 members (excludes halogenated alkanes) is 1. The summed E-state index contributed by atoms with van der Waals surface area (Å²) < 4.78 is 41.0. The Labute approximate surface area is 249 Å². The molecular weight excluding hydrogens is 601 g/mol. The van der Waals surface area contributed by atoms with Gasteiger partial charge >= 0.3 is 7.75 Å². The summed E-state index contributed by atoms with van der Waals surface area (Å²) in [5, 5.41) is 23.7. The molecule has 1 unspecified atom stereocenters. The third kappa shape index (κ3) is 5.92. The van der Waals surface area contributed by atoms with Crippen LogP contribution in [0.1, 0.15) is 45.1 Å². The number of hydrogen-bond acceptors (Lipinski definition) is 15. The number of rotatable bonds is 12. The predicted octanol–water partition coefficient (Wildman–Crippen LogP) is -0.0483. The lowest BCUT2D eigenvalue weighted by molar-refractivity contribution is -0.0509. The summed E-state index contributed by atoms with van der Waals surface area (Å²) in [4.78, 5) is 35.2. The molecule has 238 valence electrons. The molecular formula is C24H34N11O8P. The molecule has 0 saturated carbocycles. The summed E-state index contributed by atoms with van der Waals surface area (Å²) in [7, 11) is -4.02. The topological polar surface area (TPSA) is 266 Å². The highest BCUT2D eigenvalue weighted by Gasteiger charge is 2.44. The fourth-order valence-electron chi connectivity index (χ4n) is 5.27. The van der Waals surface area contributed by atoms with Crippen molar-refractivity contribution >= 4 is 41.8 Å². The van der Waals surface area contributed by atoms with Gasteiger partial charge in [-0.05, 0) is 6.42 Å². The van der Waals surface area contributed by atoms with Crippen molar-refractivity contribution in [3.63, 3.8) is 0 Å². The van der Waals surface area contributed by atoms with Gasteiger partial charge in [0.05, 0.1) is 32.0 Å². The zero-order valence-corrected chi connectivity index (χ0v) is 24.6. The second kappa shape index (κ2) is 12.4. The van der Waals surface area contributed by atoms with E-state index in [4.69, 9.17) is 30.0 Å². The number of nitrogens with one attached hydrogen (secondary N) is 2. The minimum absolute atomic E-state index is 0.0742. The van der Waals surface area contributed by atoms with Crippen molar-refractivity contribution in [3.05, 3.63) is 29.3 Å². The first-order valence-electron chi connectivity index (χ1n) is 14.1. The van der Waals surface area contributed by atoms with E-state index in [1.165, 1.54) is 23.5 Å². The fraction of sp³-hybridized carbons (Fsp3) is 0.583. The van der Waals surface area contributed by atoms with Gasteiger partial charge in [0.2, 0.25) is 5.95 Å². The number of H-pyrrole nitrogens is 1. The Morgan fingerprint density at radius 1 is 1.09 bits per heavy atom. The van der Waals surface area contributed by atoms with Crippen molar-refractivity contribution < 1.29 is 33.3 Å². The van der Waals surface area contributed by atoms with Crippen LogP contribution >= 0.6 is 7.75 Å². The van der Waals surface area contributed by atoms with Gasteiger partial charge in [0.15, 0.2) is 22.6 Å². The molecule has 2 aliphatic rings. The van der Waals surface area contributed by atoms with Crippen LogP contribution in [0, 0.1) is 0 Å². The van der Waals surface area contributed by atoms with E-state index >= 15 is 0 Å². The van der Waals surface area contributed by atoms with E-state index in [9.17, 15) is 19.6 Å². The second-order valence-electron chi connectivity index (χ2n) is 10.5. The standard InChI is InChI=1S/C24H34N11O8P/c1-2-3-4-31-44(39,43-13-6-17(41-14(13)7-36)34-10-29-18-20(25)27-9-28-21(18)34)40-8-15-12(37)5-16(42-15)35-11-30-19-22(35)32-24(26)33-23(19)38/h9-17,36-37H,2-8H2,1H3,(H,31,39)(H2,25,27,28)(H3,26,32,33,38)/t12-,13-,14-,15-,16-,17-,44?/m1/s1. The molecule has 19 nitrogen and oxygen atoms in total. The van der Waals surface area contributed by atoms with E-state index in [0.29, 0.717) is 24.1 Å². The van der Waals surface area contributed by atoms with E-state index in [0.717, 1.165) is 6.42 Å². The van der Waals surface area contributed by atoms with Gasteiger partial charge in [0, 0.05) is 19.4 Å². The predicted molar refractivity (Wildman–Crippen MR) is 154 cm³/mol. The smallest absolute Gasteiger partial charge is 0.394 e. The lowest BCUT2D eigenvalue weighted by atomic mass is 10.2. The average molecular weight is 636 g/mol. The number of hydrogen-bond donors (Lipinski definition) is 6. The quantitative estimate of drug-likeness (QED) is 0.0880. The van der Waals surface area contributed by atoms with Gasteiger partial charge < -0.3 is 31.2 Å². The summed E-state index contributed by atoms with van der Waals surface area (Å²) in [5.41, 5.74) is 12.2. The first kappa shape index (κ1) is 30.5.